The van der Waals surface area contributed by atoms with Crippen molar-refractivity contribution in [2.45, 2.75) is 64.5 Å². The van der Waals surface area contributed by atoms with E-state index in [0.717, 1.165) is 23.9 Å². The fourth-order valence-electron chi connectivity index (χ4n) is 3.42. The van der Waals surface area contributed by atoms with E-state index in [9.17, 15) is 0 Å². The van der Waals surface area contributed by atoms with Crippen molar-refractivity contribution >= 4 is 0 Å². The van der Waals surface area contributed by atoms with E-state index in [1.165, 1.54) is 38.5 Å². The summed E-state index contributed by atoms with van der Waals surface area (Å²) in [4.78, 5) is 0. The predicted molar refractivity (Wildman–Crippen MR) is 56.7 cm³/mol. The van der Waals surface area contributed by atoms with Crippen LogP contribution < -0.4 is 5.32 Å². The zero-order chi connectivity index (χ0) is 9.26. The van der Waals surface area contributed by atoms with Crippen LogP contribution in [0.1, 0.15) is 52.4 Å². The summed E-state index contributed by atoms with van der Waals surface area (Å²) in [6.45, 7) is 4.71. The lowest BCUT2D eigenvalue weighted by atomic mass is 9.77. The van der Waals surface area contributed by atoms with Crippen molar-refractivity contribution in [3.8, 4) is 0 Å². The Balaban J connectivity index is 1.91. The second-order valence-corrected chi connectivity index (χ2v) is 5.15. The maximum atomic E-state index is 3.66. The van der Waals surface area contributed by atoms with Gasteiger partial charge in [0, 0.05) is 12.1 Å². The van der Waals surface area contributed by atoms with Gasteiger partial charge in [0.05, 0.1) is 0 Å². The largest absolute Gasteiger partial charge is 0.311 e. The van der Waals surface area contributed by atoms with Crippen molar-refractivity contribution in [2.75, 3.05) is 0 Å². The molecule has 0 amide bonds. The van der Waals surface area contributed by atoms with E-state index in [1.807, 2.05) is 0 Å². The number of hydrogen-bond acceptors (Lipinski definition) is 1. The van der Waals surface area contributed by atoms with Crippen molar-refractivity contribution in [2.24, 2.45) is 11.8 Å². The standard InChI is InChI=1S/C12H23N/c1-9-8-12(10(2)13-9)11-6-4-3-5-7-11/h9-13H,3-8H2,1-2H3. The first-order chi connectivity index (χ1) is 6.27. The van der Waals surface area contributed by atoms with Crippen LogP contribution in [-0.4, -0.2) is 12.1 Å². The Kier molecular flexibility index (Phi) is 2.92. The van der Waals surface area contributed by atoms with Gasteiger partial charge in [-0.25, -0.2) is 0 Å². The fourth-order valence-corrected chi connectivity index (χ4v) is 3.42. The molecular formula is C12H23N. The van der Waals surface area contributed by atoms with Crippen LogP contribution in [0.15, 0.2) is 0 Å². The van der Waals surface area contributed by atoms with Crippen molar-refractivity contribution in [1.29, 1.82) is 0 Å². The molecule has 0 aromatic rings. The highest BCUT2D eigenvalue weighted by Gasteiger charge is 2.34. The quantitative estimate of drug-likeness (QED) is 0.656. The van der Waals surface area contributed by atoms with Gasteiger partial charge in [0.25, 0.3) is 0 Å². The molecule has 1 saturated heterocycles. The minimum absolute atomic E-state index is 0.766. The van der Waals surface area contributed by atoms with Gasteiger partial charge in [0.15, 0.2) is 0 Å². The topological polar surface area (TPSA) is 12.0 Å². The Morgan fingerprint density at radius 1 is 1.00 bits per heavy atom. The maximum absolute atomic E-state index is 3.66. The fraction of sp³-hybridized carbons (Fsp3) is 1.00. The molecule has 76 valence electrons. The van der Waals surface area contributed by atoms with E-state index in [2.05, 4.69) is 19.2 Å². The molecule has 3 atom stereocenters. The van der Waals surface area contributed by atoms with Gasteiger partial charge >= 0.3 is 0 Å². The molecule has 1 heterocycles. The lowest BCUT2D eigenvalue weighted by molar-refractivity contribution is 0.234. The Hall–Kier alpha value is -0.0400. The van der Waals surface area contributed by atoms with E-state index >= 15 is 0 Å². The lowest BCUT2D eigenvalue weighted by Gasteiger charge is -2.29. The van der Waals surface area contributed by atoms with E-state index < -0.39 is 0 Å². The second kappa shape index (κ2) is 4.00. The average molecular weight is 181 g/mol. The van der Waals surface area contributed by atoms with Gasteiger partial charge in [-0.1, -0.05) is 32.1 Å². The molecule has 2 fully saturated rings. The Labute approximate surface area is 82.3 Å². The molecule has 3 unspecified atom stereocenters. The van der Waals surface area contributed by atoms with Crippen LogP contribution in [-0.2, 0) is 0 Å². The monoisotopic (exact) mass is 181 g/mol. The Morgan fingerprint density at radius 2 is 1.69 bits per heavy atom. The highest BCUT2D eigenvalue weighted by Crippen LogP contribution is 2.36. The number of rotatable bonds is 1. The minimum Gasteiger partial charge on any atom is -0.311 e. The van der Waals surface area contributed by atoms with Gasteiger partial charge in [-0.2, -0.15) is 0 Å². The van der Waals surface area contributed by atoms with Crippen LogP contribution in [0.4, 0.5) is 0 Å². The van der Waals surface area contributed by atoms with Crippen molar-refractivity contribution in [1.82, 2.24) is 5.32 Å². The molecule has 2 rings (SSSR count). The molecule has 0 radical (unpaired) electrons. The second-order valence-electron chi connectivity index (χ2n) is 5.15. The van der Waals surface area contributed by atoms with E-state index in [-0.39, 0.29) is 0 Å². The van der Waals surface area contributed by atoms with Crippen molar-refractivity contribution in [3.05, 3.63) is 0 Å². The molecular weight excluding hydrogens is 158 g/mol. The highest BCUT2D eigenvalue weighted by molar-refractivity contribution is 4.90. The van der Waals surface area contributed by atoms with Gasteiger partial charge in [-0.3, -0.25) is 0 Å². The first-order valence-corrected chi connectivity index (χ1v) is 6.03. The van der Waals surface area contributed by atoms with Gasteiger partial charge in [-0.15, -0.1) is 0 Å². The predicted octanol–water partition coefficient (Wildman–Crippen LogP) is 2.95. The summed E-state index contributed by atoms with van der Waals surface area (Å²) in [6, 6.07) is 1.54. The zero-order valence-corrected chi connectivity index (χ0v) is 9.05. The summed E-state index contributed by atoms with van der Waals surface area (Å²) >= 11 is 0. The lowest BCUT2D eigenvalue weighted by Crippen LogP contribution is -2.30. The molecule has 1 N–H and O–H groups in total. The number of nitrogens with one attached hydrogen (secondary N) is 1. The van der Waals surface area contributed by atoms with Gasteiger partial charge < -0.3 is 5.32 Å². The molecule has 1 saturated carbocycles. The summed E-state index contributed by atoms with van der Waals surface area (Å²) in [5.74, 6) is 2.02. The summed E-state index contributed by atoms with van der Waals surface area (Å²) in [7, 11) is 0. The summed E-state index contributed by atoms with van der Waals surface area (Å²) in [6.07, 6.45) is 8.89. The first kappa shape index (κ1) is 9.51. The Morgan fingerprint density at radius 3 is 2.23 bits per heavy atom. The van der Waals surface area contributed by atoms with Gasteiger partial charge in [-0.05, 0) is 32.1 Å². The smallest absolute Gasteiger partial charge is 0.00726 e. The van der Waals surface area contributed by atoms with Crippen LogP contribution in [0.5, 0.6) is 0 Å². The summed E-state index contributed by atoms with van der Waals surface area (Å²) in [5.41, 5.74) is 0. The summed E-state index contributed by atoms with van der Waals surface area (Å²) in [5, 5.41) is 3.66. The third-order valence-corrected chi connectivity index (χ3v) is 4.07. The normalized spacial score (nSPS) is 42.5. The number of hydrogen-bond donors (Lipinski definition) is 1. The summed E-state index contributed by atoms with van der Waals surface area (Å²) < 4.78 is 0. The third-order valence-electron chi connectivity index (χ3n) is 4.07. The first-order valence-electron chi connectivity index (χ1n) is 6.03. The van der Waals surface area contributed by atoms with Crippen molar-refractivity contribution in [3.63, 3.8) is 0 Å². The molecule has 13 heavy (non-hydrogen) atoms. The van der Waals surface area contributed by atoms with Gasteiger partial charge in [0.2, 0.25) is 0 Å². The van der Waals surface area contributed by atoms with Crippen LogP contribution in [0, 0.1) is 11.8 Å². The van der Waals surface area contributed by atoms with Crippen molar-refractivity contribution < 1.29 is 0 Å². The van der Waals surface area contributed by atoms with Gasteiger partial charge in [0.1, 0.15) is 0 Å². The van der Waals surface area contributed by atoms with Crippen LogP contribution >= 0.6 is 0 Å². The molecule has 0 aromatic heterocycles. The van der Waals surface area contributed by atoms with Crippen LogP contribution in [0.3, 0.4) is 0 Å². The minimum atomic E-state index is 0.766. The molecule has 0 aromatic carbocycles. The maximum Gasteiger partial charge on any atom is 0.00726 e. The van der Waals surface area contributed by atoms with Crippen LogP contribution in [0.25, 0.3) is 0 Å². The SMILES string of the molecule is CC1CC(C2CCCCC2)C(C)N1. The van der Waals surface area contributed by atoms with E-state index in [0.29, 0.717) is 0 Å². The van der Waals surface area contributed by atoms with Crippen LogP contribution in [0.2, 0.25) is 0 Å². The van der Waals surface area contributed by atoms with E-state index in [1.54, 1.807) is 0 Å². The highest BCUT2D eigenvalue weighted by atomic mass is 15.0. The molecule has 0 bridgehead atoms. The third kappa shape index (κ3) is 2.07. The zero-order valence-electron chi connectivity index (χ0n) is 9.05. The molecule has 0 spiro atoms. The average Bonchev–Trinajstić information content (AvgIpc) is 2.47. The molecule has 1 aliphatic heterocycles. The van der Waals surface area contributed by atoms with E-state index in [4.69, 9.17) is 0 Å². The molecule has 1 aliphatic carbocycles. The molecule has 1 heteroatoms. The molecule has 1 nitrogen and oxygen atoms in total. The Bertz CT molecular complexity index is 161. The molecule has 2 aliphatic rings.